The van der Waals surface area contributed by atoms with E-state index in [9.17, 15) is 13.6 Å². The number of methoxy groups -OCH3 is 1. The number of nitrogens with zero attached hydrogens (tertiary/aromatic N) is 3. The number of amides is 1. The first-order valence-corrected chi connectivity index (χ1v) is 11.2. The van der Waals surface area contributed by atoms with Gasteiger partial charge in [0.05, 0.1) is 18.6 Å². The molecule has 0 bridgehead atoms. The van der Waals surface area contributed by atoms with Crippen LogP contribution in [-0.4, -0.2) is 33.5 Å². The molecule has 4 aromatic rings. The van der Waals surface area contributed by atoms with Crippen LogP contribution < -0.4 is 14.8 Å². The van der Waals surface area contributed by atoms with E-state index < -0.39 is 17.5 Å². The number of rotatable bonds is 9. The molecule has 0 radical (unpaired) electrons. The molecule has 10 heteroatoms. The highest BCUT2D eigenvalue weighted by Crippen LogP contribution is 2.25. The minimum Gasteiger partial charge on any atom is -0.497 e. The highest BCUT2D eigenvalue weighted by molar-refractivity contribution is 7.99. The number of carbonyl (C=O) groups excluding carboxylic acids is 1. The van der Waals surface area contributed by atoms with Crippen LogP contribution in [0.5, 0.6) is 11.5 Å². The molecule has 0 fully saturated rings. The van der Waals surface area contributed by atoms with Gasteiger partial charge in [0.2, 0.25) is 5.91 Å². The third kappa shape index (κ3) is 5.70. The Morgan fingerprint density at radius 1 is 1.00 bits per heavy atom. The first-order chi connectivity index (χ1) is 16.5. The summed E-state index contributed by atoms with van der Waals surface area (Å²) in [5, 5.41) is 11.3. The van der Waals surface area contributed by atoms with Crippen LogP contribution in [0.15, 0.2) is 78.0 Å². The fourth-order valence-electron chi connectivity index (χ4n) is 3.05. The molecular formula is C24H20F2N4O3S. The van der Waals surface area contributed by atoms with Gasteiger partial charge in [-0.3, -0.25) is 9.36 Å². The Morgan fingerprint density at radius 3 is 2.47 bits per heavy atom. The van der Waals surface area contributed by atoms with E-state index in [2.05, 4.69) is 15.5 Å². The molecule has 0 saturated carbocycles. The molecule has 0 spiro atoms. The molecule has 0 unspecified atom stereocenters. The first-order valence-electron chi connectivity index (χ1n) is 10.2. The van der Waals surface area contributed by atoms with Crippen molar-refractivity contribution in [3.63, 3.8) is 0 Å². The predicted molar refractivity (Wildman–Crippen MR) is 124 cm³/mol. The Hall–Kier alpha value is -3.92. The number of halogens is 2. The molecule has 1 amide bonds. The minimum absolute atomic E-state index is 0.0648. The molecule has 0 atom stereocenters. The van der Waals surface area contributed by atoms with Gasteiger partial charge < -0.3 is 14.8 Å². The van der Waals surface area contributed by atoms with Crippen molar-refractivity contribution in [2.75, 3.05) is 18.2 Å². The summed E-state index contributed by atoms with van der Waals surface area (Å²) in [4.78, 5) is 12.4. The third-order valence-corrected chi connectivity index (χ3v) is 5.61. The second-order valence-electron chi connectivity index (χ2n) is 6.99. The Bertz CT molecular complexity index is 1270. The normalized spacial score (nSPS) is 10.7. The maximum atomic E-state index is 13.8. The van der Waals surface area contributed by atoms with Crippen LogP contribution in [0.1, 0.15) is 5.82 Å². The highest BCUT2D eigenvalue weighted by Gasteiger charge is 2.17. The summed E-state index contributed by atoms with van der Waals surface area (Å²) in [6.45, 7) is 0.149. The molecule has 7 nitrogen and oxygen atoms in total. The van der Waals surface area contributed by atoms with Crippen molar-refractivity contribution in [3.05, 3.63) is 90.3 Å². The second kappa shape index (κ2) is 10.8. The number of nitrogens with one attached hydrogen (secondary N) is 1. The molecule has 0 saturated heterocycles. The lowest BCUT2D eigenvalue weighted by molar-refractivity contribution is -0.113. The smallest absolute Gasteiger partial charge is 0.234 e. The van der Waals surface area contributed by atoms with E-state index in [1.807, 2.05) is 42.5 Å². The van der Waals surface area contributed by atoms with Gasteiger partial charge in [-0.15, -0.1) is 10.2 Å². The van der Waals surface area contributed by atoms with Gasteiger partial charge >= 0.3 is 0 Å². The summed E-state index contributed by atoms with van der Waals surface area (Å²) in [7, 11) is 1.58. The van der Waals surface area contributed by atoms with Crippen LogP contribution in [0, 0.1) is 11.6 Å². The van der Waals surface area contributed by atoms with E-state index in [-0.39, 0.29) is 18.0 Å². The summed E-state index contributed by atoms with van der Waals surface area (Å²) in [5.41, 5.74) is 0.658. The number of hydrogen-bond donors (Lipinski definition) is 1. The number of hydrogen-bond acceptors (Lipinski definition) is 6. The molecule has 34 heavy (non-hydrogen) atoms. The van der Waals surface area contributed by atoms with Gasteiger partial charge in [0.1, 0.15) is 29.7 Å². The summed E-state index contributed by atoms with van der Waals surface area (Å²) >= 11 is 1.12. The van der Waals surface area contributed by atoms with Crippen LogP contribution >= 0.6 is 11.8 Å². The molecule has 4 rings (SSSR count). The molecule has 1 N–H and O–H groups in total. The zero-order valence-electron chi connectivity index (χ0n) is 18.1. The number of benzene rings is 3. The van der Waals surface area contributed by atoms with Gasteiger partial charge in [-0.25, -0.2) is 8.78 Å². The van der Waals surface area contributed by atoms with Gasteiger partial charge in [0, 0.05) is 11.8 Å². The highest BCUT2D eigenvalue weighted by atomic mass is 32.2. The lowest BCUT2D eigenvalue weighted by Crippen LogP contribution is -2.16. The van der Waals surface area contributed by atoms with Crippen LogP contribution in [0.25, 0.3) is 5.69 Å². The van der Waals surface area contributed by atoms with E-state index in [0.29, 0.717) is 28.5 Å². The van der Waals surface area contributed by atoms with E-state index in [1.165, 1.54) is 6.07 Å². The van der Waals surface area contributed by atoms with E-state index in [4.69, 9.17) is 9.47 Å². The van der Waals surface area contributed by atoms with Gasteiger partial charge in [-0.05, 0) is 48.5 Å². The number of anilines is 1. The van der Waals surface area contributed by atoms with Crippen LogP contribution in [0.4, 0.5) is 14.5 Å². The Morgan fingerprint density at radius 2 is 1.76 bits per heavy atom. The lowest BCUT2D eigenvalue weighted by atomic mass is 10.3. The van der Waals surface area contributed by atoms with Gasteiger partial charge in [-0.1, -0.05) is 30.0 Å². The fourth-order valence-corrected chi connectivity index (χ4v) is 3.82. The minimum atomic E-state index is -0.847. The number of carbonyl (C=O) groups is 1. The zero-order chi connectivity index (χ0) is 23.9. The quantitative estimate of drug-likeness (QED) is 0.343. The Kier molecular flexibility index (Phi) is 7.38. The average Bonchev–Trinajstić information content (AvgIpc) is 3.26. The molecule has 0 aliphatic heterocycles. The first kappa shape index (κ1) is 23.2. The van der Waals surface area contributed by atoms with Gasteiger partial charge in [0.25, 0.3) is 0 Å². The average molecular weight is 483 g/mol. The predicted octanol–water partition coefficient (Wildman–Crippen LogP) is 4.86. The number of para-hydroxylation sites is 1. The van der Waals surface area contributed by atoms with E-state index >= 15 is 0 Å². The van der Waals surface area contributed by atoms with Crippen molar-refractivity contribution in [2.24, 2.45) is 0 Å². The maximum absolute atomic E-state index is 13.8. The SMILES string of the molecule is COc1ccc(-n2c(COc3ccccc3)nnc2SCC(=O)Nc2ccc(F)cc2F)cc1. The van der Waals surface area contributed by atoms with Crippen molar-refractivity contribution in [2.45, 2.75) is 11.8 Å². The maximum Gasteiger partial charge on any atom is 0.234 e. The lowest BCUT2D eigenvalue weighted by Gasteiger charge is -2.12. The number of aromatic nitrogens is 3. The summed E-state index contributed by atoms with van der Waals surface area (Å²) < 4.78 is 39.8. The molecular weight excluding hydrogens is 462 g/mol. The molecule has 1 heterocycles. The Balaban J connectivity index is 1.52. The van der Waals surface area contributed by atoms with Crippen molar-refractivity contribution in [3.8, 4) is 17.2 Å². The van der Waals surface area contributed by atoms with Crippen molar-refractivity contribution in [1.82, 2.24) is 14.8 Å². The summed E-state index contributed by atoms with van der Waals surface area (Å²) in [6.07, 6.45) is 0. The zero-order valence-corrected chi connectivity index (χ0v) is 18.9. The largest absolute Gasteiger partial charge is 0.497 e. The van der Waals surface area contributed by atoms with Crippen LogP contribution in [-0.2, 0) is 11.4 Å². The van der Waals surface area contributed by atoms with Gasteiger partial charge in [-0.2, -0.15) is 0 Å². The number of ether oxygens (including phenoxy) is 2. The molecule has 3 aromatic carbocycles. The summed E-state index contributed by atoms with van der Waals surface area (Å²) in [6, 6.07) is 19.5. The molecule has 1 aromatic heterocycles. The topological polar surface area (TPSA) is 78.3 Å². The van der Waals surface area contributed by atoms with E-state index in [1.54, 1.807) is 23.8 Å². The second-order valence-corrected chi connectivity index (χ2v) is 7.94. The number of thioether (sulfide) groups is 1. The molecule has 174 valence electrons. The summed E-state index contributed by atoms with van der Waals surface area (Å²) in [5.74, 6) is -0.202. The molecule has 0 aliphatic rings. The van der Waals surface area contributed by atoms with Crippen LogP contribution in [0.2, 0.25) is 0 Å². The standard InChI is InChI=1S/C24H20F2N4O3S/c1-32-18-10-8-17(9-11-18)30-22(14-33-19-5-3-2-4-6-19)28-29-24(30)34-15-23(31)27-21-12-7-16(25)13-20(21)26/h2-13H,14-15H2,1H3,(H,27,31). The van der Waals surface area contributed by atoms with Crippen LogP contribution in [0.3, 0.4) is 0 Å². The fraction of sp³-hybridized carbons (Fsp3) is 0.125. The molecule has 0 aliphatic carbocycles. The van der Waals surface area contributed by atoms with E-state index in [0.717, 1.165) is 23.5 Å². The van der Waals surface area contributed by atoms with Crippen molar-refractivity contribution < 1.29 is 23.0 Å². The third-order valence-electron chi connectivity index (χ3n) is 4.68. The monoisotopic (exact) mass is 482 g/mol. The van der Waals surface area contributed by atoms with Gasteiger partial charge in [0.15, 0.2) is 11.0 Å². The van der Waals surface area contributed by atoms with Crippen molar-refractivity contribution >= 4 is 23.4 Å². The Labute approximate surface area is 198 Å². The van der Waals surface area contributed by atoms with Crippen molar-refractivity contribution in [1.29, 1.82) is 0 Å².